The minimum absolute atomic E-state index is 0.194. The largest absolute Gasteiger partial charge is 0.199 e. The Kier molecular flexibility index (Phi) is 359. The molecule has 0 radical (unpaired) electrons. The van der Waals surface area contributed by atoms with Crippen molar-refractivity contribution in [3.8, 4) is 6.07 Å². The summed E-state index contributed by atoms with van der Waals surface area (Å²) in [5, 5.41) is 9.07. The molecule has 0 aliphatic heterocycles. The lowest BCUT2D eigenvalue weighted by molar-refractivity contribution is 1.49. The maximum Gasteiger partial charge on any atom is 0.0967 e. The summed E-state index contributed by atoms with van der Waals surface area (Å²) in [7, 11) is 0. The average Bonchev–Trinajstić information content (AvgIpc) is 2.61. The van der Waals surface area contributed by atoms with Gasteiger partial charge in [-0.2, -0.15) is 5.26 Å². The van der Waals surface area contributed by atoms with Crippen molar-refractivity contribution >= 4 is 209 Å². The molecule has 0 saturated heterocycles. The van der Waals surface area contributed by atoms with Crippen molar-refractivity contribution in [2.45, 2.75) is 6.92 Å². The first-order valence-electron chi connectivity index (χ1n) is 5.53. The van der Waals surface area contributed by atoms with Crippen LogP contribution in [0.25, 0.3) is 0 Å². The lowest BCUT2D eigenvalue weighted by atomic mass is 11.0. The van der Waals surface area contributed by atoms with Crippen LogP contribution in [-0.4, -0.2) is 48.1 Å². The summed E-state index contributed by atoms with van der Waals surface area (Å²) >= 11 is 85.7. The third-order valence-electron chi connectivity index (χ3n) is 0. The monoisotopic (exact) mass is 797 g/mol. The van der Waals surface area contributed by atoms with Gasteiger partial charge in [0.05, 0.1) is 54.1 Å². The molecule has 19 heteroatoms. The standard InChI is InChI=1S/C2H3N.9CH2Cl2/c1-2-3;9*2-1-3/h1H3;9*1H2. The minimum atomic E-state index is 0.194. The highest BCUT2D eigenvalue weighted by atomic mass is 35.6. The van der Waals surface area contributed by atoms with E-state index in [2.05, 4.69) is 0 Å². The van der Waals surface area contributed by atoms with Gasteiger partial charge in [0.2, 0.25) is 0 Å². The molecule has 0 aromatic heterocycles. The normalized spacial score (nSPS) is 5.67. The van der Waals surface area contributed by atoms with E-state index in [0.29, 0.717) is 0 Å². The number of hydrogen-bond donors (Lipinski definition) is 0. The number of hydrogen-bond acceptors (Lipinski definition) is 1. The number of nitrogens with zero attached hydrogens (tertiary/aromatic N) is 1. The van der Waals surface area contributed by atoms with Gasteiger partial charge in [0.1, 0.15) is 0 Å². The summed E-state index contributed by atoms with van der Waals surface area (Å²) in [6.45, 7) is 1.43. The third-order valence-corrected chi connectivity index (χ3v) is 0. The van der Waals surface area contributed by atoms with Crippen LogP contribution in [0, 0.1) is 11.3 Å². The average molecular weight is 805 g/mol. The SMILES string of the molecule is CC#N.ClCCl.ClCCl.ClCCl.ClCCl.ClCCl.ClCCl.ClCCl.ClCCl.ClCCl. The van der Waals surface area contributed by atoms with Gasteiger partial charge < -0.3 is 0 Å². The molecule has 0 saturated carbocycles. The Morgan fingerprint density at radius 1 is 0.333 bits per heavy atom. The minimum Gasteiger partial charge on any atom is -0.199 e. The zero-order valence-electron chi connectivity index (χ0n) is 15.1. The van der Waals surface area contributed by atoms with Crippen LogP contribution in [-0.2, 0) is 0 Å². The van der Waals surface area contributed by atoms with Crippen LogP contribution in [0.5, 0.6) is 0 Å². The molecule has 0 aliphatic carbocycles. The summed E-state index contributed by atoms with van der Waals surface area (Å²) in [4.78, 5) is 0. The zero-order valence-corrected chi connectivity index (χ0v) is 28.7. The molecule has 1 nitrogen and oxygen atoms in total. The van der Waals surface area contributed by atoms with E-state index in [0.717, 1.165) is 0 Å². The van der Waals surface area contributed by atoms with Crippen LogP contribution in [0.3, 0.4) is 0 Å². The third kappa shape index (κ3) is 1480. The quantitative estimate of drug-likeness (QED) is 0.224. The molecule has 0 rings (SSSR count). The summed E-state index contributed by atoms with van der Waals surface area (Å²) in [6, 6.07) is 1.75. The van der Waals surface area contributed by atoms with Gasteiger partial charge in [-0.3, -0.25) is 0 Å². The molecule has 0 spiro atoms. The molecular formula is C11H21Cl18N. The van der Waals surface area contributed by atoms with E-state index >= 15 is 0 Å². The maximum absolute atomic E-state index is 7.32. The van der Waals surface area contributed by atoms with E-state index in [1.165, 1.54) is 6.92 Å². The van der Waals surface area contributed by atoms with Crippen LogP contribution in [0.4, 0.5) is 0 Å². The van der Waals surface area contributed by atoms with Gasteiger partial charge in [-0.1, -0.05) is 0 Å². The molecule has 0 heterocycles. The van der Waals surface area contributed by atoms with E-state index < -0.39 is 0 Å². The second-order valence-electron chi connectivity index (χ2n) is 1.13. The zero-order chi connectivity index (χ0) is 27.1. The second-order valence-corrected chi connectivity index (χ2v) is 8.41. The predicted octanol–water partition coefficient (Wildman–Crippen LogP) is 13.3. The fourth-order valence-electron chi connectivity index (χ4n) is 0. The van der Waals surface area contributed by atoms with Crippen molar-refractivity contribution < 1.29 is 0 Å². The van der Waals surface area contributed by atoms with Gasteiger partial charge in [-0.05, 0) is 0 Å². The van der Waals surface area contributed by atoms with Crippen LogP contribution < -0.4 is 0 Å². The Morgan fingerprint density at radius 3 is 0.333 bits per heavy atom. The molecule has 0 N–H and O–H groups in total. The fourth-order valence-corrected chi connectivity index (χ4v) is 0. The van der Waals surface area contributed by atoms with Gasteiger partial charge in [-0.15, -0.1) is 209 Å². The van der Waals surface area contributed by atoms with Crippen LogP contribution >= 0.6 is 209 Å². The second kappa shape index (κ2) is 167. The molecule has 0 aliphatic rings. The van der Waals surface area contributed by atoms with Crippen molar-refractivity contribution in [2.75, 3.05) is 48.1 Å². The molecule has 0 bridgehead atoms. The smallest absolute Gasteiger partial charge is 0.0967 e. The summed E-state index contributed by atoms with van der Waals surface area (Å²) in [5.74, 6) is 0. The Balaban J connectivity index is -0.0000000185. The van der Waals surface area contributed by atoms with Crippen LogP contribution in [0.15, 0.2) is 0 Å². The molecule has 196 valence electrons. The van der Waals surface area contributed by atoms with Gasteiger partial charge in [0.15, 0.2) is 0 Å². The number of alkyl halides is 18. The van der Waals surface area contributed by atoms with E-state index in [4.69, 9.17) is 214 Å². The lowest BCUT2D eigenvalue weighted by Crippen LogP contribution is -1.24. The molecule has 30 heavy (non-hydrogen) atoms. The first-order valence-corrected chi connectivity index (χ1v) is 15.2. The molecule has 0 unspecified atom stereocenters. The topological polar surface area (TPSA) is 23.8 Å². The van der Waals surface area contributed by atoms with E-state index in [1.54, 1.807) is 6.07 Å². The molecule has 0 aromatic carbocycles. The van der Waals surface area contributed by atoms with Gasteiger partial charge >= 0.3 is 0 Å². The number of halogens is 18. The Morgan fingerprint density at radius 2 is 0.333 bits per heavy atom. The van der Waals surface area contributed by atoms with Crippen molar-refractivity contribution in [3.63, 3.8) is 0 Å². The number of rotatable bonds is 0. The fraction of sp³-hybridized carbons (Fsp3) is 0.909. The van der Waals surface area contributed by atoms with Crippen molar-refractivity contribution in [1.29, 1.82) is 5.26 Å². The van der Waals surface area contributed by atoms with Crippen LogP contribution in [0.2, 0.25) is 0 Å². The number of nitriles is 1. The van der Waals surface area contributed by atoms with Crippen molar-refractivity contribution in [1.82, 2.24) is 0 Å². The Labute approximate surface area is 271 Å². The highest BCUT2D eigenvalue weighted by Crippen LogP contribution is 1.75. The molecule has 0 fully saturated rings. The first-order chi connectivity index (χ1) is 14.1. The van der Waals surface area contributed by atoms with Gasteiger partial charge in [0.25, 0.3) is 0 Å². The van der Waals surface area contributed by atoms with E-state index in [1.807, 2.05) is 0 Å². The van der Waals surface area contributed by atoms with E-state index in [-0.39, 0.29) is 48.1 Å². The van der Waals surface area contributed by atoms with Gasteiger partial charge in [0, 0.05) is 6.92 Å². The Hall–Kier alpha value is 4.71. The summed E-state index contributed by atoms with van der Waals surface area (Å²) < 4.78 is 0. The highest BCUT2D eigenvalue weighted by Gasteiger charge is 1.44. The van der Waals surface area contributed by atoms with E-state index in [9.17, 15) is 0 Å². The van der Waals surface area contributed by atoms with Crippen molar-refractivity contribution in [2.24, 2.45) is 0 Å². The highest BCUT2D eigenvalue weighted by molar-refractivity contribution is 6.42. The predicted molar refractivity (Wildman–Crippen MR) is 160 cm³/mol. The molecule has 0 amide bonds. The Bertz CT molecular complexity index is 113. The molecule has 0 aromatic rings. The lowest BCUT2D eigenvalue weighted by Gasteiger charge is -1.42. The summed E-state index contributed by atoms with van der Waals surface area (Å²) in [5.41, 5.74) is 0. The molecular weight excluding hydrogens is 784 g/mol. The van der Waals surface area contributed by atoms with Crippen molar-refractivity contribution in [3.05, 3.63) is 0 Å². The summed E-state index contributed by atoms with van der Waals surface area (Å²) in [6.07, 6.45) is 0. The maximum atomic E-state index is 7.32. The molecule has 0 atom stereocenters. The van der Waals surface area contributed by atoms with Gasteiger partial charge in [-0.25, -0.2) is 0 Å². The van der Waals surface area contributed by atoms with Crippen LogP contribution in [0.1, 0.15) is 6.92 Å². The first kappa shape index (κ1) is 64.6.